The lowest BCUT2D eigenvalue weighted by molar-refractivity contribution is -0.687. The summed E-state index contributed by atoms with van der Waals surface area (Å²) >= 11 is 3.35. The Hall–Kier alpha value is -1.40. The van der Waals surface area contributed by atoms with Crippen molar-refractivity contribution in [3.8, 4) is 0 Å². The molecule has 24 heavy (non-hydrogen) atoms. The second-order valence-corrected chi connectivity index (χ2v) is 6.90. The lowest BCUT2D eigenvalue weighted by Crippen LogP contribution is -2.94. The zero-order valence-corrected chi connectivity index (χ0v) is 16.0. The summed E-state index contributed by atoms with van der Waals surface area (Å²) in [5.74, 6) is -1.05. The number of para-hydroxylation sites is 1. The van der Waals surface area contributed by atoms with Gasteiger partial charge in [-0.25, -0.2) is 0 Å². The molecule has 0 aliphatic heterocycles. The van der Waals surface area contributed by atoms with Crippen LogP contribution in [0.5, 0.6) is 0 Å². The third-order valence-corrected chi connectivity index (χ3v) is 4.84. The summed E-state index contributed by atoms with van der Waals surface area (Å²) in [6.07, 6.45) is 4.28. The quantitative estimate of drug-likeness (QED) is 0.594. The fourth-order valence-corrected chi connectivity index (χ4v) is 2.95. The summed E-state index contributed by atoms with van der Waals surface area (Å²) in [4.78, 5) is 23.5. The predicted octanol–water partition coefficient (Wildman–Crippen LogP) is 1.68. The number of benzene rings is 1. The Morgan fingerprint density at radius 3 is 2.58 bits per heavy atom. The zero-order chi connectivity index (χ0) is 17.9. The van der Waals surface area contributed by atoms with Crippen molar-refractivity contribution in [1.82, 2.24) is 0 Å². The number of nitrogens with one attached hydrogen (secondary N) is 1. The first kappa shape index (κ1) is 20.6. The molecular formula is C18H27BrN2O3. The monoisotopic (exact) mass is 398 g/mol. The molecular weight excluding hydrogens is 372 g/mol. The Labute approximate surface area is 152 Å². The molecule has 1 aromatic carbocycles. The molecule has 0 unspecified atom stereocenters. The predicted molar refractivity (Wildman–Crippen MR) is 96.3 cm³/mol. The first-order chi connectivity index (χ1) is 11.5. The first-order valence-electron chi connectivity index (χ1n) is 8.56. The number of nitrogens with two attached hydrogens (primary N) is 1. The van der Waals surface area contributed by atoms with Crippen LogP contribution in [-0.4, -0.2) is 24.5 Å². The third-order valence-electron chi connectivity index (χ3n) is 4.15. The number of rotatable bonds is 11. The van der Waals surface area contributed by atoms with Crippen molar-refractivity contribution in [3.05, 3.63) is 28.7 Å². The molecule has 0 aliphatic carbocycles. The molecule has 1 rings (SSSR count). The minimum Gasteiger partial charge on any atom is -0.544 e. The Morgan fingerprint density at radius 1 is 1.29 bits per heavy atom. The van der Waals surface area contributed by atoms with Crippen molar-refractivity contribution in [3.63, 3.8) is 0 Å². The highest BCUT2D eigenvalue weighted by atomic mass is 79.9. The molecule has 0 heterocycles. The average molecular weight is 399 g/mol. The average Bonchev–Trinajstić information content (AvgIpc) is 2.55. The van der Waals surface area contributed by atoms with Gasteiger partial charge in [0, 0.05) is 10.4 Å². The van der Waals surface area contributed by atoms with E-state index in [1.165, 1.54) is 0 Å². The van der Waals surface area contributed by atoms with Crippen LogP contribution >= 0.6 is 15.9 Å². The summed E-state index contributed by atoms with van der Waals surface area (Å²) in [6.45, 7) is 4.96. The van der Waals surface area contributed by atoms with Crippen LogP contribution in [0.15, 0.2) is 28.7 Å². The summed E-state index contributed by atoms with van der Waals surface area (Å²) in [5, 5.41) is 15.8. The summed E-state index contributed by atoms with van der Waals surface area (Å²) in [7, 11) is 0. The molecule has 0 saturated carbocycles. The normalized spacial score (nSPS) is 13.3. The second kappa shape index (κ2) is 11.2. The molecule has 3 N–H and O–H groups in total. The van der Waals surface area contributed by atoms with Crippen LogP contribution in [0, 0.1) is 5.92 Å². The molecule has 0 saturated heterocycles. The molecule has 0 radical (unpaired) electrons. The molecule has 2 atom stereocenters. The SMILES string of the molecule is CCCC[C@H](CC)C[NH2+][C@@H](CC(=O)Nc1ccccc1Br)C(=O)[O-]. The topological polar surface area (TPSA) is 85.8 Å². The highest BCUT2D eigenvalue weighted by Gasteiger charge is 2.20. The number of carbonyl (C=O) groups excluding carboxylic acids is 2. The highest BCUT2D eigenvalue weighted by molar-refractivity contribution is 9.10. The van der Waals surface area contributed by atoms with Crippen molar-refractivity contribution in [2.24, 2.45) is 5.92 Å². The Bertz CT molecular complexity index is 537. The van der Waals surface area contributed by atoms with E-state index in [0.717, 1.165) is 30.2 Å². The summed E-state index contributed by atoms with van der Waals surface area (Å²) in [5.41, 5.74) is 0.633. The summed E-state index contributed by atoms with van der Waals surface area (Å²) < 4.78 is 0.762. The maximum absolute atomic E-state index is 12.1. The van der Waals surface area contributed by atoms with E-state index < -0.39 is 12.0 Å². The molecule has 0 aliphatic rings. The molecule has 0 spiro atoms. The third kappa shape index (κ3) is 7.45. The van der Waals surface area contributed by atoms with Crippen LogP contribution in [0.2, 0.25) is 0 Å². The van der Waals surface area contributed by atoms with E-state index in [1.54, 1.807) is 11.4 Å². The van der Waals surface area contributed by atoms with Crippen molar-refractivity contribution in [2.45, 2.75) is 52.0 Å². The molecule has 1 aromatic rings. The number of halogens is 1. The minimum atomic E-state index is -1.19. The fraction of sp³-hybridized carbons (Fsp3) is 0.556. The maximum Gasteiger partial charge on any atom is 0.230 e. The van der Waals surface area contributed by atoms with Gasteiger partial charge in [0.15, 0.2) is 0 Å². The lowest BCUT2D eigenvalue weighted by Gasteiger charge is -2.20. The molecule has 5 nitrogen and oxygen atoms in total. The van der Waals surface area contributed by atoms with Gasteiger partial charge in [-0.05, 0) is 40.9 Å². The molecule has 0 aromatic heterocycles. The van der Waals surface area contributed by atoms with Gasteiger partial charge in [0.2, 0.25) is 5.91 Å². The van der Waals surface area contributed by atoms with Gasteiger partial charge in [-0.2, -0.15) is 0 Å². The number of anilines is 1. The van der Waals surface area contributed by atoms with Crippen LogP contribution in [0.1, 0.15) is 46.0 Å². The number of carbonyl (C=O) groups is 2. The van der Waals surface area contributed by atoms with Gasteiger partial charge in [0.05, 0.1) is 24.6 Å². The second-order valence-electron chi connectivity index (χ2n) is 6.05. The molecule has 0 bridgehead atoms. The Kier molecular flexibility index (Phi) is 9.64. The van der Waals surface area contributed by atoms with Crippen LogP contribution in [0.3, 0.4) is 0 Å². The van der Waals surface area contributed by atoms with E-state index in [1.807, 2.05) is 18.2 Å². The van der Waals surface area contributed by atoms with Crippen molar-refractivity contribution in [1.29, 1.82) is 0 Å². The van der Waals surface area contributed by atoms with Gasteiger partial charge in [0.25, 0.3) is 0 Å². The maximum atomic E-state index is 12.1. The number of unbranched alkanes of at least 4 members (excludes halogenated alkanes) is 1. The Morgan fingerprint density at radius 2 is 2.00 bits per heavy atom. The van der Waals surface area contributed by atoms with Gasteiger partial charge in [-0.15, -0.1) is 0 Å². The van der Waals surface area contributed by atoms with Gasteiger partial charge < -0.3 is 20.5 Å². The van der Waals surface area contributed by atoms with E-state index in [9.17, 15) is 14.7 Å². The van der Waals surface area contributed by atoms with Crippen LogP contribution in [0.4, 0.5) is 5.69 Å². The lowest BCUT2D eigenvalue weighted by atomic mass is 9.99. The largest absolute Gasteiger partial charge is 0.544 e. The van der Waals surface area contributed by atoms with E-state index in [2.05, 4.69) is 35.1 Å². The van der Waals surface area contributed by atoms with Gasteiger partial charge >= 0.3 is 0 Å². The Balaban J connectivity index is 2.54. The van der Waals surface area contributed by atoms with Crippen LogP contribution < -0.4 is 15.7 Å². The van der Waals surface area contributed by atoms with E-state index >= 15 is 0 Å². The van der Waals surface area contributed by atoms with Gasteiger partial charge in [-0.3, -0.25) is 4.79 Å². The van der Waals surface area contributed by atoms with Crippen molar-refractivity contribution in [2.75, 3.05) is 11.9 Å². The molecule has 0 fully saturated rings. The number of carboxylic acids is 1. The fourth-order valence-electron chi connectivity index (χ4n) is 2.56. The number of amides is 1. The number of aliphatic carboxylic acids is 1. The number of carboxylic acid groups (broad SMARTS) is 1. The number of hydrogen-bond acceptors (Lipinski definition) is 3. The molecule has 134 valence electrons. The van der Waals surface area contributed by atoms with Crippen LogP contribution in [-0.2, 0) is 9.59 Å². The van der Waals surface area contributed by atoms with Crippen molar-refractivity contribution >= 4 is 33.5 Å². The van der Waals surface area contributed by atoms with Gasteiger partial charge in [0.1, 0.15) is 6.04 Å². The van der Waals surface area contributed by atoms with Gasteiger partial charge in [-0.1, -0.05) is 38.8 Å². The smallest absolute Gasteiger partial charge is 0.230 e. The minimum absolute atomic E-state index is 0.103. The van der Waals surface area contributed by atoms with Crippen molar-refractivity contribution < 1.29 is 20.0 Å². The van der Waals surface area contributed by atoms with E-state index in [-0.39, 0.29) is 12.3 Å². The highest BCUT2D eigenvalue weighted by Crippen LogP contribution is 2.21. The van der Waals surface area contributed by atoms with Crippen LogP contribution in [0.25, 0.3) is 0 Å². The van der Waals surface area contributed by atoms with E-state index in [0.29, 0.717) is 18.2 Å². The van der Waals surface area contributed by atoms with E-state index in [4.69, 9.17) is 0 Å². The standard InChI is InChI=1S/C18H27BrN2O3/c1-3-5-8-13(4-2)12-20-16(18(23)24)11-17(22)21-15-10-7-6-9-14(15)19/h6-7,9-10,13,16,20H,3-5,8,11-12H2,1-2H3,(H,21,22)(H,23,24)/t13-,16-/m0/s1. The summed E-state index contributed by atoms with van der Waals surface area (Å²) in [6, 6.07) is 6.37. The molecule has 6 heteroatoms. The number of quaternary nitrogens is 1. The number of hydrogen-bond donors (Lipinski definition) is 2. The molecule has 1 amide bonds. The zero-order valence-electron chi connectivity index (χ0n) is 14.4. The first-order valence-corrected chi connectivity index (χ1v) is 9.35.